The van der Waals surface area contributed by atoms with Crippen LogP contribution in [0.5, 0.6) is 0 Å². The van der Waals surface area contributed by atoms with Gasteiger partial charge in [0.15, 0.2) is 6.61 Å². The van der Waals surface area contributed by atoms with Crippen LogP contribution >= 0.6 is 23.2 Å². The summed E-state index contributed by atoms with van der Waals surface area (Å²) in [5.74, 6) is -1.25. The molecule has 0 fully saturated rings. The molecule has 0 aromatic heterocycles. The lowest BCUT2D eigenvalue weighted by Gasteiger charge is -2.09. The van der Waals surface area contributed by atoms with Crippen LogP contribution in [0.2, 0.25) is 10.0 Å². The number of hydrogen-bond donors (Lipinski definition) is 2. The minimum Gasteiger partial charge on any atom is -0.455 e. The maximum atomic E-state index is 11.8. The van der Waals surface area contributed by atoms with Crippen molar-refractivity contribution in [2.75, 3.05) is 17.2 Å². The van der Waals surface area contributed by atoms with E-state index in [-0.39, 0.29) is 17.4 Å². The van der Waals surface area contributed by atoms with Crippen molar-refractivity contribution in [3.05, 3.63) is 58.1 Å². The molecular formula is C18H16Cl2N2O4. The van der Waals surface area contributed by atoms with Crippen LogP contribution in [-0.2, 0) is 25.5 Å². The summed E-state index contributed by atoms with van der Waals surface area (Å²) in [5, 5.41) is 5.68. The smallest absolute Gasteiger partial charge is 0.310 e. The molecule has 8 heteroatoms. The molecule has 0 saturated heterocycles. The molecule has 2 rings (SSSR count). The van der Waals surface area contributed by atoms with E-state index in [2.05, 4.69) is 10.6 Å². The summed E-state index contributed by atoms with van der Waals surface area (Å²) in [6.45, 7) is 0.971. The molecule has 0 heterocycles. The van der Waals surface area contributed by atoms with E-state index in [9.17, 15) is 14.4 Å². The zero-order valence-corrected chi connectivity index (χ0v) is 15.4. The van der Waals surface area contributed by atoms with Crippen molar-refractivity contribution in [3.8, 4) is 0 Å². The van der Waals surface area contributed by atoms with Crippen LogP contribution in [0.3, 0.4) is 0 Å². The monoisotopic (exact) mass is 394 g/mol. The van der Waals surface area contributed by atoms with Gasteiger partial charge in [0.05, 0.1) is 22.2 Å². The summed E-state index contributed by atoms with van der Waals surface area (Å²) in [7, 11) is 0. The molecule has 6 nitrogen and oxygen atoms in total. The fourth-order valence-corrected chi connectivity index (χ4v) is 2.41. The van der Waals surface area contributed by atoms with Crippen molar-refractivity contribution in [2.24, 2.45) is 0 Å². The van der Waals surface area contributed by atoms with E-state index in [1.165, 1.54) is 6.92 Å². The molecule has 136 valence electrons. The van der Waals surface area contributed by atoms with E-state index in [1.807, 2.05) is 0 Å². The van der Waals surface area contributed by atoms with Crippen LogP contribution in [0.1, 0.15) is 12.5 Å². The number of nitrogens with one attached hydrogen (secondary N) is 2. The van der Waals surface area contributed by atoms with Gasteiger partial charge in [0.25, 0.3) is 5.91 Å². The maximum Gasteiger partial charge on any atom is 0.310 e. The predicted molar refractivity (Wildman–Crippen MR) is 101 cm³/mol. The Morgan fingerprint density at radius 2 is 1.69 bits per heavy atom. The third-order valence-corrected chi connectivity index (χ3v) is 4.03. The number of ether oxygens (including phenoxy) is 1. The molecule has 0 aliphatic carbocycles. The number of carbonyl (C=O) groups excluding carboxylic acids is 3. The summed E-state index contributed by atoms with van der Waals surface area (Å²) < 4.78 is 4.95. The Morgan fingerprint density at radius 1 is 1.00 bits per heavy atom. The Balaban J connectivity index is 1.81. The number of anilines is 2. The summed E-state index contributed by atoms with van der Waals surface area (Å²) in [4.78, 5) is 34.6. The van der Waals surface area contributed by atoms with Gasteiger partial charge in [0.1, 0.15) is 0 Å². The minimum absolute atomic E-state index is 0.00551. The van der Waals surface area contributed by atoms with E-state index < -0.39 is 18.5 Å². The third kappa shape index (κ3) is 6.06. The maximum absolute atomic E-state index is 11.8. The van der Waals surface area contributed by atoms with Crippen molar-refractivity contribution in [1.82, 2.24) is 0 Å². The summed E-state index contributed by atoms with van der Waals surface area (Å²) in [5.41, 5.74) is 1.67. The Morgan fingerprint density at radius 3 is 2.35 bits per heavy atom. The molecule has 2 aromatic rings. The van der Waals surface area contributed by atoms with Crippen molar-refractivity contribution in [2.45, 2.75) is 13.3 Å². The Labute approximate surface area is 160 Å². The van der Waals surface area contributed by atoms with Crippen LogP contribution in [0.15, 0.2) is 42.5 Å². The van der Waals surface area contributed by atoms with Gasteiger partial charge in [-0.1, -0.05) is 41.4 Å². The number of esters is 1. The molecule has 2 aromatic carbocycles. The average Bonchev–Trinajstić information content (AvgIpc) is 2.58. The molecule has 2 N–H and O–H groups in total. The standard InChI is InChI=1S/C18H16Cl2N2O4/c1-11(23)21-13-7-5-12(6-8-13)9-17(25)26-10-16(24)22-15-4-2-3-14(19)18(15)20/h2-8H,9-10H2,1H3,(H,21,23)(H,22,24). The molecule has 2 amide bonds. The van der Waals surface area contributed by atoms with Crippen LogP contribution in [0, 0.1) is 0 Å². The average molecular weight is 395 g/mol. The van der Waals surface area contributed by atoms with Crippen molar-refractivity contribution < 1.29 is 19.1 Å². The van der Waals surface area contributed by atoms with E-state index in [1.54, 1.807) is 42.5 Å². The summed E-state index contributed by atoms with van der Waals surface area (Å²) >= 11 is 11.8. The number of rotatable bonds is 6. The van der Waals surface area contributed by atoms with Gasteiger partial charge in [0.2, 0.25) is 5.91 Å². The van der Waals surface area contributed by atoms with Gasteiger partial charge >= 0.3 is 5.97 Å². The van der Waals surface area contributed by atoms with Crippen molar-refractivity contribution in [3.63, 3.8) is 0 Å². The van der Waals surface area contributed by atoms with Crippen LogP contribution in [0.4, 0.5) is 11.4 Å². The van der Waals surface area contributed by atoms with Crippen LogP contribution < -0.4 is 10.6 Å². The van der Waals surface area contributed by atoms with Gasteiger partial charge in [-0.05, 0) is 29.8 Å². The van der Waals surface area contributed by atoms with Gasteiger partial charge in [-0.3, -0.25) is 14.4 Å². The highest BCUT2D eigenvalue weighted by Crippen LogP contribution is 2.29. The first-order valence-electron chi connectivity index (χ1n) is 7.61. The Hall–Kier alpha value is -2.57. The Bertz CT molecular complexity index is 822. The minimum atomic E-state index is -0.551. The SMILES string of the molecule is CC(=O)Nc1ccc(CC(=O)OCC(=O)Nc2cccc(Cl)c2Cl)cc1. The van der Waals surface area contributed by atoms with Crippen LogP contribution in [-0.4, -0.2) is 24.4 Å². The zero-order valence-electron chi connectivity index (χ0n) is 13.8. The summed E-state index contributed by atoms with van der Waals surface area (Å²) in [6.07, 6.45) is 0.00551. The first kappa shape index (κ1) is 19.8. The fraction of sp³-hybridized carbons (Fsp3) is 0.167. The molecule has 0 unspecified atom stereocenters. The van der Waals surface area contributed by atoms with E-state index in [0.29, 0.717) is 22.0 Å². The van der Waals surface area contributed by atoms with Gasteiger partial charge in [-0.15, -0.1) is 0 Å². The number of amides is 2. The fourth-order valence-electron chi connectivity index (χ4n) is 2.06. The van der Waals surface area contributed by atoms with E-state index in [4.69, 9.17) is 27.9 Å². The first-order valence-corrected chi connectivity index (χ1v) is 8.37. The number of halogens is 2. The van der Waals surface area contributed by atoms with Crippen molar-refractivity contribution >= 4 is 52.4 Å². The highest BCUT2D eigenvalue weighted by molar-refractivity contribution is 6.44. The molecule has 0 spiro atoms. The molecular weight excluding hydrogens is 379 g/mol. The number of carbonyl (C=O) groups is 3. The molecule has 0 radical (unpaired) electrons. The third-order valence-electron chi connectivity index (χ3n) is 3.21. The molecule has 26 heavy (non-hydrogen) atoms. The second-order valence-corrected chi connectivity index (χ2v) is 6.15. The molecule has 0 atom stereocenters. The lowest BCUT2D eigenvalue weighted by Crippen LogP contribution is -2.21. The second-order valence-electron chi connectivity index (χ2n) is 5.37. The number of benzene rings is 2. The normalized spacial score (nSPS) is 10.1. The van der Waals surface area contributed by atoms with Gasteiger partial charge in [-0.2, -0.15) is 0 Å². The predicted octanol–water partition coefficient (Wildman–Crippen LogP) is 3.68. The Kier molecular flexibility index (Phi) is 7.00. The quantitative estimate of drug-likeness (QED) is 0.731. The molecule has 0 saturated carbocycles. The van der Waals surface area contributed by atoms with E-state index in [0.717, 1.165) is 0 Å². The largest absolute Gasteiger partial charge is 0.455 e. The van der Waals surface area contributed by atoms with Crippen LogP contribution in [0.25, 0.3) is 0 Å². The van der Waals surface area contributed by atoms with E-state index >= 15 is 0 Å². The second kappa shape index (κ2) is 9.22. The summed E-state index contributed by atoms with van der Waals surface area (Å²) in [6, 6.07) is 11.6. The van der Waals surface area contributed by atoms with Gasteiger partial charge in [0, 0.05) is 12.6 Å². The molecule has 0 bridgehead atoms. The lowest BCUT2D eigenvalue weighted by atomic mass is 10.1. The molecule has 0 aliphatic rings. The topological polar surface area (TPSA) is 84.5 Å². The lowest BCUT2D eigenvalue weighted by molar-refractivity contribution is -0.146. The zero-order chi connectivity index (χ0) is 19.1. The highest BCUT2D eigenvalue weighted by atomic mass is 35.5. The number of hydrogen-bond acceptors (Lipinski definition) is 4. The van der Waals surface area contributed by atoms with Gasteiger partial charge < -0.3 is 15.4 Å². The first-order chi connectivity index (χ1) is 12.3. The van der Waals surface area contributed by atoms with Crippen molar-refractivity contribution in [1.29, 1.82) is 0 Å². The molecule has 0 aliphatic heterocycles. The van der Waals surface area contributed by atoms with Gasteiger partial charge in [-0.25, -0.2) is 0 Å². The highest BCUT2D eigenvalue weighted by Gasteiger charge is 2.11.